The molecule has 0 bridgehead atoms. The molecule has 1 aromatic heterocycles. The van der Waals surface area contributed by atoms with E-state index in [-0.39, 0.29) is 11.2 Å². The van der Waals surface area contributed by atoms with E-state index in [1.165, 1.54) is 18.9 Å². The molecular weight excluding hydrogens is 268 g/mol. The fourth-order valence-corrected chi connectivity index (χ4v) is 2.76. The maximum absolute atomic E-state index is 11.1. The number of para-hydroxylation sites is 1. The molecule has 0 amide bonds. The van der Waals surface area contributed by atoms with Crippen molar-refractivity contribution < 1.29 is 4.92 Å². The maximum Gasteiger partial charge on any atom is 0.295 e. The van der Waals surface area contributed by atoms with Gasteiger partial charge in [0.2, 0.25) is 0 Å². The molecule has 1 fully saturated rings. The number of fused-ring (bicyclic) bond motifs is 1. The fourth-order valence-electron chi connectivity index (χ4n) is 2.76. The van der Waals surface area contributed by atoms with E-state index in [0.717, 1.165) is 11.1 Å². The van der Waals surface area contributed by atoms with E-state index in [4.69, 9.17) is 5.73 Å². The Morgan fingerprint density at radius 3 is 2.86 bits per heavy atom. The minimum atomic E-state index is -0.401. The number of pyridine rings is 1. The average molecular weight is 286 g/mol. The van der Waals surface area contributed by atoms with Crippen molar-refractivity contribution in [1.82, 2.24) is 4.98 Å². The first-order valence-corrected chi connectivity index (χ1v) is 7.05. The largest absolute Gasteiger partial charge is 0.378 e. The van der Waals surface area contributed by atoms with Crippen LogP contribution >= 0.6 is 0 Å². The number of nitrogens with one attached hydrogen (secondary N) is 1. The van der Waals surface area contributed by atoms with Gasteiger partial charge in [0.05, 0.1) is 4.92 Å². The zero-order valence-electron chi connectivity index (χ0n) is 11.9. The van der Waals surface area contributed by atoms with Crippen molar-refractivity contribution >= 4 is 22.3 Å². The Kier molecular flexibility index (Phi) is 3.25. The summed E-state index contributed by atoms with van der Waals surface area (Å²) in [5.74, 6) is 0.560. The minimum Gasteiger partial charge on any atom is -0.378 e. The molecule has 6 heteroatoms. The van der Waals surface area contributed by atoms with E-state index in [9.17, 15) is 10.1 Å². The Labute approximate surface area is 122 Å². The molecule has 0 saturated heterocycles. The molecule has 1 saturated carbocycles. The van der Waals surface area contributed by atoms with E-state index in [0.29, 0.717) is 18.0 Å². The van der Waals surface area contributed by atoms with Crippen molar-refractivity contribution in [2.24, 2.45) is 11.7 Å². The first-order valence-electron chi connectivity index (χ1n) is 7.05. The highest BCUT2D eigenvalue weighted by Crippen LogP contribution is 2.42. The number of non-ortho nitro benzene ring substituents is 1. The zero-order valence-corrected chi connectivity index (χ0v) is 11.9. The molecule has 2 aromatic rings. The summed E-state index contributed by atoms with van der Waals surface area (Å²) in [4.78, 5) is 14.9. The van der Waals surface area contributed by atoms with Gasteiger partial charge in [-0.15, -0.1) is 0 Å². The standard InChI is InChI=1S/C15H18N4O2/c1-15(9-16,10-5-6-10)18-12-7-8-17-14-11(12)3-2-4-13(14)19(20)21/h2-4,7-8,10H,5-6,9,16H2,1H3,(H,17,18). The summed E-state index contributed by atoms with van der Waals surface area (Å²) in [7, 11) is 0. The molecule has 1 atom stereocenters. The van der Waals surface area contributed by atoms with E-state index < -0.39 is 4.92 Å². The summed E-state index contributed by atoms with van der Waals surface area (Å²) >= 11 is 0. The molecule has 110 valence electrons. The van der Waals surface area contributed by atoms with Gasteiger partial charge in [0.15, 0.2) is 0 Å². The number of aromatic nitrogens is 1. The third-order valence-electron chi connectivity index (χ3n) is 4.27. The van der Waals surface area contributed by atoms with Gasteiger partial charge in [-0.2, -0.15) is 0 Å². The van der Waals surface area contributed by atoms with Gasteiger partial charge in [0.25, 0.3) is 5.69 Å². The Morgan fingerprint density at radius 2 is 2.24 bits per heavy atom. The number of nitro benzene ring substituents is 1. The number of rotatable bonds is 5. The fraction of sp³-hybridized carbons (Fsp3) is 0.400. The number of nitrogens with zero attached hydrogens (tertiary/aromatic N) is 2. The molecule has 1 unspecified atom stereocenters. The van der Waals surface area contributed by atoms with Gasteiger partial charge in [-0.3, -0.25) is 10.1 Å². The second-order valence-corrected chi connectivity index (χ2v) is 5.81. The van der Waals surface area contributed by atoms with Gasteiger partial charge in [0, 0.05) is 35.4 Å². The Hall–Kier alpha value is -2.21. The first-order chi connectivity index (χ1) is 10.0. The quantitative estimate of drug-likeness (QED) is 0.651. The number of anilines is 1. The molecule has 1 heterocycles. The van der Waals surface area contributed by atoms with E-state index in [2.05, 4.69) is 17.2 Å². The summed E-state index contributed by atoms with van der Waals surface area (Å²) in [6, 6.07) is 6.86. The lowest BCUT2D eigenvalue weighted by atomic mass is 9.95. The van der Waals surface area contributed by atoms with Crippen LogP contribution in [-0.2, 0) is 0 Å². The number of hydrogen-bond acceptors (Lipinski definition) is 5. The highest BCUT2D eigenvalue weighted by Gasteiger charge is 2.40. The molecule has 0 radical (unpaired) electrons. The van der Waals surface area contributed by atoms with Crippen LogP contribution in [0.5, 0.6) is 0 Å². The van der Waals surface area contributed by atoms with Crippen molar-refractivity contribution in [2.75, 3.05) is 11.9 Å². The molecular formula is C15H18N4O2. The van der Waals surface area contributed by atoms with Gasteiger partial charge < -0.3 is 11.1 Å². The van der Waals surface area contributed by atoms with Crippen molar-refractivity contribution in [2.45, 2.75) is 25.3 Å². The Bertz CT molecular complexity index is 699. The topological polar surface area (TPSA) is 94.1 Å². The van der Waals surface area contributed by atoms with Crippen molar-refractivity contribution in [3.8, 4) is 0 Å². The van der Waals surface area contributed by atoms with Crippen LogP contribution in [0.4, 0.5) is 11.4 Å². The SMILES string of the molecule is CC(CN)(Nc1ccnc2c([N+](=O)[O-])cccc12)C1CC1. The van der Waals surface area contributed by atoms with E-state index in [1.807, 2.05) is 12.1 Å². The second kappa shape index (κ2) is 4.96. The van der Waals surface area contributed by atoms with E-state index in [1.54, 1.807) is 12.3 Å². The third-order valence-corrected chi connectivity index (χ3v) is 4.27. The summed E-state index contributed by atoms with van der Waals surface area (Å²) in [5.41, 5.74) is 7.03. The van der Waals surface area contributed by atoms with Gasteiger partial charge in [0.1, 0.15) is 5.52 Å². The lowest BCUT2D eigenvalue weighted by Gasteiger charge is -2.31. The van der Waals surface area contributed by atoms with Crippen LogP contribution in [-0.4, -0.2) is 22.0 Å². The lowest BCUT2D eigenvalue weighted by molar-refractivity contribution is -0.383. The minimum absolute atomic E-state index is 0.0250. The molecule has 1 aromatic carbocycles. The molecule has 3 rings (SSSR count). The van der Waals surface area contributed by atoms with Gasteiger partial charge >= 0.3 is 0 Å². The summed E-state index contributed by atoms with van der Waals surface area (Å²) in [6.07, 6.45) is 3.94. The van der Waals surface area contributed by atoms with Crippen molar-refractivity contribution in [3.05, 3.63) is 40.6 Å². The average Bonchev–Trinajstić information content (AvgIpc) is 3.32. The predicted molar refractivity (Wildman–Crippen MR) is 82.2 cm³/mol. The van der Waals surface area contributed by atoms with Crippen LogP contribution in [0.3, 0.4) is 0 Å². The molecule has 1 aliphatic carbocycles. The molecule has 0 aliphatic heterocycles. The van der Waals surface area contributed by atoms with Gasteiger partial charge in [-0.05, 0) is 31.7 Å². The first kappa shape index (κ1) is 13.8. The van der Waals surface area contributed by atoms with Gasteiger partial charge in [-0.1, -0.05) is 12.1 Å². The number of nitro groups is 1. The Balaban J connectivity index is 2.07. The highest BCUT2D eigenvalue weighted by molar-refractivity contribution is 5.96. The molecule has 0 spiro atoms. The lowest BCUT2D eigenvalue weighted by Crippen LogP contribution is -2.44. The number of nitrogens with two attached hydrogens (primary N) is 1. The van der Waals surface area contributed by atoms with Crippen LogP contribution in [0, 0.1) is 16.0 Å². The summed E-state index contributed by atoms with van der Waals surface area (Å²) in [6.45, 7) is 2.63. The highest BCUT2D eigenvalue weighted by atomic mass is 16.6. The van der Waals surface area contributed by atoms with Crippen molar-refractivity contribution in [1.29, 1.82) is 0 Å². The third kappa shape index (κ3) is 2.42. The summed E-state index contributed by atoms with van der Waals surface area (Å²) in [5, 5.41) is 15.4. The predicted octanol–water partition coefficient (Wildman–Crippen LogP) is 2.68. The van der Waals surface area contributed by atoms with Crippen LogP contribution in [0.25, 0.3) is 10.9 Å². The van der Waals surface area contributed by atoms with Crippen molar-refractivity contribution in [3.63, 3.8) is 0 Å². The molecule has 1 aliphatic rings. The summed E-state index contributed by atoms with van der Waals surface area (Å²) < 4.78 is 0. The second-order valence-electron chi connectivity index (χ2n) is 5.81. The van der Waals surface area contributed by atoms with Gasteiger partial charge in [-0.25, -0.2) is 4.98 Å². The monoisotopic (exact) mass is 286 g/mol. The number of hydrogen-bond donors (Lipinski definition) is 2. The maximum atomic E-state index is 11.1. The smallest absolute Gasteiger partial charge is 0.295 e. The van der Waals surface area contributed by atoms with Crippen LogP contribution in [0.1, 0.15) is 19.8 Å². The molecule has 3 N–H and O–H groups in total. The van der Waals surface area contributed by atoms with Crippen LogP contribution in [0.15, 0.2) is 30.5 Å². The number of benzene rings is 1. The molecule has 21 heavy (non-hydrogen) atoms. The van der Waals surface area contributed by atoms with E-state index >= 15 is 0 Å². The Morgan fingerprint density at radius 1 is 1.48 bits per heavy atom. The zero-order chi connectivity index (χ0) is 15.0. The van der Waals surface area contributed by atoms with Crippen LogP contribution < -0.4 is 11.1 Å². The normalized spacial score (nSPS) is 17.4. The van der Waals surface area contributed by atoms with Crippen LogP contribution in [0.2, 0.25) is 0 Å². The molecule has 6 nitrogen and oxygen atoms in total.